The van der Waals surface area contributed by atoms with E-state index in [-0.39, 0.29) is 48.7 Å². The van der Waals surface area contributed by atoms with Gasteiger partial charge in [0.15, 0.2) is 0 Å². The summed E-state index contributed by atoms with van der Waals surface area (Å²) in [4.78, 5) is 56.6. The number of amides is 2. The number of nitrogens with zero attached hydrogens (tertiary/aromatic N) is 6. The van der Waals surface area contributed by atoms with Crippen LogP contribution in [0, 0.1) is 23.2 Å². The number of methoxy groups -OCH3 is 1. The van der Waals surface area contributed by atoms with Gasteiger partial charge in [-0.15, -0.1) is 11.3 Å². The van der Waals surface area contributed by atoms with Crippen LogP contribution in [0.15, 0.2) is 29.8 Å². The van der Waals surface area contributed by atoms with Gasteiger partial charge in [0.2, 0.25) is 5.91 Å². The van der Waals surface area contributed by atoms with Gasteiger partial charge in [0, 0.05) is 79.5 Å². The number of hydrogen-bond donors (Lipinski definition) is 2. The van der Waals surface area contributed by atoms with Crippen molar-refractivity contribution in [3.05, 3.63) is 46.0 Å². The number of nitrogens with one attached hydrogen (secondary N) is 2. The number of cyclic esters (lactones) is 1. The maximum Gasteiger partial charge on any atom is 0.324 e. The standard InChI is InChI=1S/C45H58N8O6S/c1-25-26(2)38(25)42(54)48-34-20-37-47-35(23-60-37)28-17-30-32(21-45(4,5)24-59-44(56)33-9-8-10-53(49-33)43(34)55)40(52-15-16-58-36(18-28)41(30)52)31-19-29(22-46-39(31)27(3)57-7)51-13-11-50(6)12-14-51/h17-19,22-23,25-27,33-34,38,49H,8-16,20-21,24H2,1-7H3,(H,48,54)/t25-,26+,27-,33-,34-,38?/m0/s1. The van der Waals surface area contributed by atoms with E-state index in [9.17, 15) is 14.4 Å². The zero-order valence-electron chi connectivity index (χ0n) is 35.9. The molecule has 320 valence electrons. The number of piperazine rings is 1. The summed E-state index contributed by atoms with van der Waals surface area (Å²) in [5.74, 6) is 0.355. The van der Waals surface area contributed by atoms with Gasteiger partial charge in [-0.2, -0.15) is 0 Å². The first-order valence-corrected chi connectivity index (χ1v) is 22.5. The Hall–Kier alpha value is -4.57. The molecule has 4 aliphatic heterocycles. The van der Waals surface area contributed by atoms with E-state index < -0.39 is 23.5 Å². The quantitative estimate of drug-likeness (QED) is 0.247. The number of benzene rings is 1. The number of hydrazine groups is 1. The van der Waals surface area contributed by atoms with Crippen molar-refractivity contribution in [2.75, 3.05) is 65.0 Å². The molecule has 1 unspecified atom stereocenters. The van der Waals surface area contributed by atoms with Gasteiger partial charge in [0.25, 0.3) is 5.91 Å². The summed E-state index contributed by atoms with van der Waals surface area (Å²) < 4.78 is 21.0. The van der Waals surface area contributed by atoms with Crippen molar-refractivity contribution in [3.63, 3.8) is 0 Å². The number of esters is 1. The highest BCUT2D eigenvalue weighted by atomic mass is 32.1. The lowest BCUT2D eigenvalue weighted by Crippen LogP contribution is -2.60. The highest BCUT2D eigenvalue weighted by molar-refractivity contribution is 7.10. The van der Waals surface area contributed by atoms with E-state index in [2.05, 4.69) is 78.1 Å². The third-order valence-electron chi connectivity index (χ3n) is 13.5. The molecule has 15 heteroatoms. The minimum Gasteiger partial charge on any atom is -0.489 e. The number of anilines is 1. The van der Waals surface area contributed by atoms with Crippen molar-refractivity contribution >= 4 is 45.7 Å². The number of rotatable bonds is 6. The molecule has 2 saturated heterocycles. The molecule has 6 bridgehead atoms. The van der Waals surface area contributed by atoms with Crippen molar-refractivity contribution in [1.29, 1.82) is 0 Å². The lowest BCUT2D eigenvalue weighted by Gasteiger charge is -2.35. The molecule has 0 spiro atoms. The summed E-state index contributed by atoms with van der Waals surface area (Å²) in [6.45, 7) is 15.9. The average molecular weight is 839 g/mol. The van der Waals surface area contributed by atoms with Crippen LogP contribution in [-0.4, -0.2) is 114 Å². The molecule has 2 amide bonds. The van der Waals surface area contributed by atoms with Gasteiger partial charge in [-0.25, -0.2) is 10.4 Å². The highest BCUT2D eigenvalue weighted by Gasteiger charge is 2.49. The Kier molecular flexibility index (Phi) is 10.9. The average Bonchev–Trinajstić information content (AvgIpc) is 3.50. The number of hydrogen-bond acceptors (Lipinski definition) is 12. The summed E-state index contributed by atoms with van der Waals surface area (Å²) in [6, 6.07) is 5.03. The molecule has 1 saturated carbocycles. The molecule has 1 aromatic carbocycles. The maximum absolute atomic E-state index is 14.2. The van der Waals surface area contributed by atoms with Crippen LogP contribution >= 0.6 is 11.3 Å². The summed E-state index contributed by atoms with van der Waals surface area (Å²) in [7, 11) is 3.89. The molecular formula is C45H58N8O6S. The molecule has 0 radical (unpaired) electrons. The Morgan fingerprint density at radius 2 is 1.85 bits per heavy atom. The van der Waals surface area contributed by atoms with Crippen molar-refractivity contribution in [2.24, 2.45) is 23.2 Å². The molecule has 5 aliphatic rings. The molecule has 4 aromatic rings. The topological polar surface area (TPSA) is 143 Å². The van der Waals surface area contributed by atoms with Crippen molar-refractivity contribution in [2.45, 2.75) is 85.0 Å². The van der Waals surface area contributed by atoms with Gasteiger partial charge in [-0.05, 0) is 68.8 Å². The fourth-order valence-electron chi connectivity index (χ4n) is 9.58. The Bertz CT molecular complexity index is 2310. The van der Waals surface area contributed by atoms with Crippen LogP contribution in [0.2, 0.25) is 0 Å². The number of aromatic nitrogens is 3. The number of pyridine rings is 1. The third kappa shape index (κ3) is 7.66. The van der Waals surface area contributed by atoms with Crippen molar-refractivity contribution < 1.29 is 28.6 Å². The van der Waals surface area contributed by atoms with Crippen LogP contribution in [0.4, 0.5) is 5.69 Å². The lowest BCUT2D eigenvalue weighted by atomic mass is 9.84. The van der Waals surface area contributed by atoms with Gasteiger partial charge in [-0.3, -0.25) is 24.4 Å². The second-order valence-corrected chi connectivity index (χ2v) is 19.3. The molecule has 7 heterocycles. The number of carbonyl (C=O) groups excluding carboxylic acids is 3. The second-order valence-electron chi connectivity index (χ2n) is 18.4. The highest BCUT2D eigenvalue weighted by Crippen LogP contribution is 2.47. The molecule has 6 atom stereocenters. The Morgan fingerprint density at radius 3 is 2.60 bits per heavy atom. The predicted octanol–water partition coefficient (Wildman–Crippen LogP) is 5.23. The number of thiazole rings is 1. The van der Waals surface area contributed by atoms with Crippen LogP contribution in [0.1, 0.15) is 69.8 Å². The smallest absolute Gasteiger partial charge is 0.324 e. The predicted molar refractivity (Wildman–Crippen MR) is 231 cm³/mol. The van der Waals surface area contributed by atoms with Crippen molar-refractivity contribution in [3.8, 4) is 28.3 Å². The summed E-state index contributed by atoms with van der Waals surface area (Å²) in [6.07, 6.45) is 3.69. The van der Waals surface area contributed by atoms with Gasteiger partial charge in [-0.1, -0.05) is 27.7 Å². The SMILES string of the molecule is CO[C@@H](C)c1ncc(N2CCN(C)CC2)cc1-c1c2c3cc(cc4c3n1CCO4)-c1csc(n1)C[C@H](NC(=O)C1[C@@H](C)[C@H]1C)C(=O)N1CCC[C@H](N1)C(=O)OCC(C)(C)C2. The van der Waals surface area contributed by atoms with Gasteiger partial charge < -0.3 is 33.9 Å². The first kappa shape index (κ1) is 40.8. The number of likely N-dealkylation sites (N-methyl/N-ethyl adjacent to an activating group) is 1. The monoisotopic (exact) mass is 838 g/mol. The maximum atomic E-state index is 14.2. The van der Waals surface area contributed by atoms with Crippen LogP contribution in [0.5, 0.6) is 5.75 Å². The minimum atomic E-state index is -0.856. The lowest BCUT2D eigenvalue weighted by molar-refractivity contribution is -0.155. The molecule has 1 aliphatic carbocycles. The first-order valence-electron chi connectivity index (χ1n) is 21.6. The fraction of sp³-hybridized carbons (Fsp3) is 0.578. The van der Waals surface area contributed by atoms with Crippen molar-refractivity contribution in [1.82, 2.24) is 35.2 Å². The summed E-state index contributed by atoms with van der Waals surface area (Å²) in [5, 5.41) is 8.39. The molecule has 2 N–H and O–H groups in total. The van der Waals surface area contributed by atoms with E-state index in [4.69, 9.17) is 24.2 Å². The Labute approximate surface area is 355 Å². The van der Waals surface area contributed by atoms with Gasteiger partial charge >= 0.3 is 5.97 Å². The van der Waals surface area contributed by atoms with Crippen LogP contribution < -0.4 is 20.4 Å². The van der Waals surface area contributed by atoms with Gasteiger partial charge in [0.05, 0.1) is 58.7 Å². The van der Waals surface area contributed by atoms with E-state index in [1.165, 1.54) is 16.3 Å². The third-order valence-corrected chi connectivity index (χ3v) is 14.4. The zero-order chi connectivity index (χ0) is 42.0. The Morgan fingerprint density at radius 1 is 1.07 bits per heavy atom. The normalized spacial score (nSPS) is 26.3. The Balaban J connectivity index is 1.19. The van der Waals surface area contributed by atoms with E-state index in [1.54, 1.807) is 7.11 Å². The number of ether oxygens (including phenoxy) is 3. The molecular weight excluding hydrogens is 781 g/mol. The number of carbonyl (C=O) groups is 3. The van der Waals surface area contributed by atoms with Gasteiger partial charge in [0.1, 0.15) is 24.4 Å². The first-order chi connectivity index (χ1) is 28.8. The fourth-order valence-corrected chi connectivity index (χ4v) is 10.4. The molecule has 14 nitrogen and oxygen atoms in total. The zero-order valence-corrected chi connectivity index (χ0v) is 36.7. The molecule has 60 heavy (non-hydrogen) atoms. The van der Waals surface area contributed by atoms with Crippen LogP contribution in [0.3, 0.4) is 0 Å². The van der Waals surface area contributed by atoms with Crippen LogP contribution in [0.25, 0.3) is 33.4 Å². The minimum absolute atomic E-state index is 0.121. The van der Waals surface area contributed by atoms with Crippen LogP contribution in [-0.2, 0) is 43.2 Å². The molecule has 3 aromatic heterocycles. The number of fused-ring (bicyclic) bond motifs is 6. The van der Waals surface area contributed by atoms with E-state index in [0.717, 1.165) is 87.3 Å². The summed E-state index contributed by atoms with van der Waals surface area (Å²) >= 11 is 1.48. The molecule has 9 rings (SSSR count). The molecule has 3 fully saturated rings. The van der Waals surface area contributed by atoms with E-state index in [0.29, 0.717) is 39.0 Å². The van der Waals surface area contributed by atoms with E-state index in [1.807, 2.05) is 18.5 Å². The van der Waals surface area contributed by atoms with E-state index >= 15 is 0 Å². The second kappa shape index (κ2) is 16.0. The summed E-state index contributed by atoms with van der Waals surface area (Å²) in [5.41, 5.74) is 10.5. The largest absolute Gasteiger partial charge is 0.489 e.